The highest BCUT2D eigenvalue weighted by Gasteiger charge is 2.40. The first kappa shape index (κ1) is 14.4. The van der Waals surface area contributed by atoms with Crippen molar-refractivity contribution in [2.75, 3.05) is 13.2 Å². The van der Waals surface area contributed by atoms with Crippen molar-refractivity contribution in [3.05, 3.63) is 0 Å². The lowest BCUT2D eigenvalue weighted by atomic mass is 9.81. The van der Waals surface area contributed by atoms with Gasteiger partial charge in [0, 0.05) is 6.61 Å². The van der Waals surface area contributed by atoms with Crippen molar-refractivity contribution < 1.29 is 15.0 Å². The lowest BCUT2D eigenvalue weighted by Crippen LogP contribution is -2.56. The highest BCUT2D eigenvalue weighted by molar-refractivity contribution is 5.79. The van der Waals surface area contributed by atoms with Crippen LogP contribution in [0, 0.1) is 5.92 Å². The number of carboxylic acid groups (broad SMARTS) is 1. The third kappa shape index (κ3) is 3.47. The minimum absolute atomic E-state index is 0.0821. The molecule has 0 aliphatic heterocycles. The predicted molar refractivity (Wildman–Crippen MR) is 59.8 cm³/mol. The summed E-state index contributed by atoms with van der Waals surface area (Å²) in [6.07, 6.45) is 1.97. The first-order valence-corrected chi connectivity index (χ1v) is 5.64. The van der Waals surface area contributed by atoms with Gasteiger partial charge in [-0.1, -0.05) is 27.2 Å². The summed E-state index contributed by atoms with van der Waals surface area (Å²) in [7, 11) is 0. The molecule has 0 fully saturated rings. The smallest absolute Gasteiger partial charge is 0.324 e. The van der Waals surface area contributed by atoms with Crippen molar-refractivity contribution in [1.82, 2.24) is 5.32 Å². The van der Waals surface area contributed by atoms with Crippen LogP contribution in [0.25, 0.3) is 0 Å². The van der Waals surface area contributed by atoms with E-state index in [1.54, 1.807) is 0 Å². The van der Waals surface area contributed by atoms with Gasteiger partial charge in [-0.3, -0.25) is 4.79 Å². The topological polar surface area (TPSA) is 69.6 Å². The fourth-order valence-electron chi connectivity index (χ4n) is 1.82. The molecular formula is C11H23NO3. The summed E-state index contributed by atoms with van der Waals surface area (Å²) in [6, 6.07) is 0. The standard InChI is InChI=1S/C11H23NO3/c1-4-9(3)11(5-2,10(14)15)12-7-6-8-13/h9,12-13H,4-8H2,1-3H3,(H,14,15). The van der Waals surface area contributed by atoms with Crippen molar-refractivity contribution in [3.63, 3.8) is 0 Å². The summed E-state index contributed by atoms with van der Waals surface area (Å²) >= 11 is 0. The fraction of sp³-hybridized carbons (Fsp3) is 0.909. The molecule has 0 aliphatic carbocycles. The van der Waals surface area contributed by atoms with Gasteiger partial charge in [-0.2, -0.15) is 0 Å². The second-order valence-corrected chi connectivity index (χ2v) is 3.94. The summed E-state index contributed by atoms with van der Waals surface area (Å²) in [4.78, 5) is 11.3. The molecule has 2 atom stereocenters. The van der Waals surface area contributed by atoms with Gasteiger partial charge in [0.1, 0.15) is 5.54 Å². The maximum Gasteiger partial charge on any atom is 0.324 e. The number of nitrogens with one attached hydrogen (secondary N) is 1. The minimum Gasteiger partial charge on any atom is -0.480 e. The third-order valence-electron chi connectivity index (χ3n) is 3.17. The van der Waals surface area contributed by atoms with E-state index in [2.05, 4.69) is 5.32 Å². The molecule has 90 valence electrons. The summed E-state index contributed by atoms with van der Waals surface area (Å²) in [5.74, 6) is -0.712. The second-order valence-electron chi connectivity index (χ2n) is 3.94. The summed E-state index contributed by atoms with van der Waals surface area (Å²) in [5, 5.41) is 21.1. The SMILES string of the molecule is CCC(C)C(CC)(NCCCO)C(=O)O. The van der Waals surface area contributed by atoms with Crippen molar-refractivity contribution in [2.45, 2.75) is 45.6 Å². The molecular weight excluding hydrogens is 194 g/mol. The Balaban J connectivity index is 4.58. The number of hydrogen-bond acceptors (Lipinski definition) is 3. The van der Waals surface area contributed by atoms with Crippen LogP contribution in [-0.4, -0.2) is 34.9 Å². The molecule has 15 heavy (non-hydrogen) atoms. The van der Waals surface area contributed by atoms with E-state index in [0.29, 0.717) is 19.4 Å². The van der Waals surface area contributed by atoms with Gasteiger partial charge >= 0.3 is 5.97 Å². The highest BCUT2D eigenvalue weighted by atomic mass is 16.4. The van der Waals surface area contributed by atoms with Gasteiger partial charge < -0.3 is 15.5 Å². The molecule has 3 N–H and O–H groups in total. The molecule has 0 bridgehead atoms. The Bertz CT molecular complexity index is 196. The molecule has 0 aliphatic rings. The number of aliphatic carboxylic acids is 1. The Morgan fingerprint density at radius 2 is 2.07 bits per heavy atom. The average Bonchev–Trinajstić information content (AvgIpc) is 2.23. The van der Waals surface area contributed by atoms with Gasteiger partial charge in [-0.25, -0.2) is 0 Å². The Morgan fingerprint density at radius 1 is 1.47 bits per heavy atom. The molecule has 0 spiro atoms. The van der Waals surface area contributed by atoms with E-state index >= 15 is 0 Å². The van der Waals surface area contributed by atoms with Crippen LogP contribution >= 0.6 is 0 Å². The molecule has 0 heterocycles. The molecule has 0 aromatic rings. The number of aliphatic hydroxyl groups is 1. The maximum absolute atomic E-state index is 11.3. The van der Waals surface area contributed by atoms with E-state index in [1.165, 1.54) is 0 Å². The van der Waals surface area contributed by atoms with Crippen LogP contribution in [0.5, 0.6) is 0 Å². The van der Waals surface area contributed by atoms with Crippen molar-refractivity contribution in [3.8, 4) is 0 Å². The first-order chi connectivity index (χ1) is 7.05. The maximum atomic E-state index is 11.3. The zero-order valence-electron chi connectivity index (χ0n) is 9.92. The lowest BCUT2D eigenvalue weighted by Gasteiger charge is -2.35. The molecule has 0 radical (unpaired) electrons. The highest BCUT2D eigenvalue weighted by Crippen LogP contribution is 2.24. The van der Waals surface area contributed by atoms with E-state index in [-0.39, 0.29) is 12.5 Å². The Morgan fingerprint density at radius 3 is 2.40 bits per heavy atom. The lowest BCUT2D eigenvalue weighted by molar-refractivity contribution is -0.147. The first-order valence-electron chi connectivity index (χ1n) is 5.64. The van der Waals surface area contributed by atoms with Crippen LogP contribution in [0.4, 0.5) is 0 Å². The monoisotopic (exact) mass is 217 g/mol. The van der Waals surface area contributed by atoms with Gasteiger partial charge in [0.15, 0.2) is 0 Å². The van der Waals surface area contributed by atoms with Crippen molar-refractivity contribution in [1.29, 1.82) is 0 Å². The predicted octanol–water partition coefficient (Wildman–Crippen LogP) is 1.24. The van der Waals surface area contributed by atoms with Crippen molar-refractivity contribution >= 4 is 5.97 Å². The minimum atomic E-state index is -0.843. The van der Waals surface area contributed by atoms with Gasteiger partial charge in [0.2, 0.25) is 0 Å². The van der Waals surface area contributed by atoms with E-state index in [1.807, 2.05) is 20.8 Å². The third-order valence-corrected chi connectivity index (χ3v) is 3.17. The van der Waals surface area contributed by atoms with Gasteiger partial charge in [-0.15, -0.1) is 0 Å². The summed E-state index contributed by atoms with van der Waals surface area (Å²) in [6.45, 7) is 6.45. The molecule has 2 unspecified atom stereocenters. The molecule has 0 aromatic carbocycles. The van der Waals surface area contributed by atoms with E-state index in [0.717, 1.165) is 6.42 Å². The summed E-state index contributed by atoms with van der Waals surface area (Å²) in [5.41, 5.74) is -0.843. The quantitative estimate of drug-likeness (QED) is 0.535. The van der Waals surface area contributed by atoms with E-state index in [4.69, 9.17) is 5.11 Å². The zero-order valence-corrected chi connectivity index (χ0v) is 9.92. The van der Waals surface area contributed by atoms with Gasteiger partial charge in [0.25, 0.3) is 0 Å². The number of aliphatic hydroxyl groups excluding tert-OH is 1. The zero-order chi connectivity index (χ0) is 11.9. The normalized spacial score (nSPS) is 17.1. The molecule has 4 heteroatoms. The summed E-state index contributed by atoms with van der Waals surface area (Å²) < 4.78 is 0. The molecule has 0 aromatic heterocycles. The number of hydrogen-bond donors (Lipinski definition) is 3. The largest absolute Gasteiger partial charge is 0.480 e. The molecule has 0 saturated carbocycles. The van der Waals surface area contributed by atoms with Crippen LogP contribution < -0.4 is 5.32 Å². The number of rotatable bonds is 8. The average molecular weight is 217 g/mol. The van der Waals surface area contributed by atoms with Crippen LogP contribution in [0.3, 0.4) is 0 Å². The van der Waals surface area contributed by atoms with Crippen LogP contribution in [0.2, 0.25) is 0 Å². The number of carbonyl (C=O) groups is 1. The Hall–Kier alpha value is -0.610. The van der Waals surface area contributed by atoms with Gasteiger partial charge in [-0.05, 0) is 25.3 Å². The van der Waals surface area contributed by atoms with Crippen LogP contribution in [-0.2, 0) is 4.79 Å². The van der Waals surface area contributed by atoms with Crippen LogP contribution in [0.1, 0.15) is 40.0 Å². The molecule has 0 rings (SSSR count). The fourth-order valence-corrected chi connectivity index (χ4v) is 1.82. The van der Waals surface area contributed by atoms with Crippen LogP contribution in [0.15, 0.2) is 0 Å². The Kier molecular flexibility index (Phi) is 6.52. The van der Waals surface area contributed by atoms with Gasteiger partial charge in [0.05, 0.1) is 0 Å². The molecule has 4 nitrogen and oxygen atoms in total. The molecule has 0 saturated heterocycles. The van der Waals surface area contributed by atoms with E-state index < -0.39 is 11.5 Å². The number of carboxylic acids is 1. The molecule has 0 amide bonds. The Labute approximate surface area is 91.7 Å². The van der Waals surface area contributed by atoms with Crippen molar-refractivity contribution in [2.24, 2.45) is 5.92 Å². The second kappa shape index (κ2) is 6.80. The van der Waals surface area contributed by atoms with E-state index in [9.17, 15) is 9.90 Å².